The molecule has 0 aliphatic carbocycles. The summed E-state index contributed by atoms with van der Waals surface area (Å²) in [7, 11) is 0. The third-order valence-corrected chi connectivity index (χ3v) is 8.82. The molecule has 0 aromatic carbocycles. The van der Waals surface area contributed by atoms with E-state index in [2.05, 4.69) is 43.0 Å². The van der Waals surface area contributed by atoms with Crippen LogP contribution in [0.4, 0.5) is 0 Å². The van der Waals surface area contributed by atoms with Crippen LogP contribution in [0.5, 0.6) is 0 Å². The fourth-order valence-corrected chi connectivity index (χ4v) is 6.16. The maximum Gasteiger partial charge on any atom is 0.101 e. The summed E-state index contributed by atoms with van der Waals surface area (Å²) in [5, 5.41) is 0. The minimum Gasteiger partial charge on any atom is -0.356 e. The van der Waals surface area contributed by atoms with Crippen LogP contribution in [0, 0.1) is 0 Å². The third kappa shape index (κ3) is 20.3. The van der Waals surface area contributed by atoms with Crippen molar-refractivity contribution in [2.75, 3.05) is 13.1 Å². The molecular weight excluding hydrogens is 460 g/mol. The minimum atomic E-state index is 0.641. The molecule has 0 radical (unpaired) electrons. The van der Waals surface area contributed by atoms with Crippen LogP contribution in [-0.2, 0) is 0 Å². The Morgan fingerprint density at radius 2 is 0.632 bits per heavy atom. The number of unbranched alkanes of at least 4 members (excludes halogenated alkanes) is 24. The van der Waals surface area contributed by atoms with Gasteiger partial charge in [0.15, 0.2) is 0 Å². The molecule has 0 fully saturated rings. The summed E-state index contributed by atoms with van der Waals surface area (Å²) < 4.78 is 0. The summed E-state index contributed by atoms with van der Waals surface area (Å²) in [6, 6.07) is 0. The van der Waals surface area contributed by atoms with Crippen molar-refractivity contribution in [1.82, 2.24) is 9.80 Å². The van der Waals surface area contributed by atoms with Crippen LogP contribution in [0.1, 0.15) is 201 Å². The summed E-state index contributed by atoms with van der Waals surface area (Å²) in [6.07, 6.45) is 45.5. The molecule has 1 aliphatic rings. The maximum atomic E-state index is 2.69. The van der Waals surface area contributed by atoms with Crippen molar-refractivity contribution < 1.29 is 0 Å². The Hall–Kier alpha value is -0.660. The lowest BCUT2D eigenvalue weighted by molar-refractivity contribution is 0.136. The number of hydrogen-bond acceptors (Lipinski definition) is 2. The molecule has 0 amide bonds. The third-order valence-electron chi connectivity index (χ3n) is 8.82. The lowest BCUT2D eigenvalue weighted by Crippen LogP contribution is -2.39. The summed E-state index contributed by atoms with van der Waals surface area (Å²) in [5.74, 6) is 0. The average molecular weight is 533 g/mol. The van der Waals surface area contributed by atoms with Crippen LogP contribution in [0.3, 0.4) is 0 Å². The SMILES string of the molecule is CCCCCCCCCCCCCCCCCN1C=CN(CCCC)C1CCCCCCCCCCCC. The Morgan fingerprint density at radius 3 is 1.00 bits per heavy atom. The molecule has 0 bridgehead atoms. The number of rotatable bonds is 30. The summed E-state index contributed by atoms with van der Waals surface area (Å²) in [5.41, 5.74) is 0. The Bertz CT molecular complexity index is 488. The van der Waals surface area contributed by atoms with Crippen molar-refractivity contribution in [3.63, 3.8) is 0 Å². The molecule has 0 saturated carbocycles. The largest absolute Gasteiger partial charge is 0.356 e. The van der Waals surface area contributed by atoms with Crippen LogP contribution in [0.25, 0.3) is 0 Å². The predicted molar refractivity (Wildman–Crippen MR) is 173 cm³/mol. The van der Waals surface area contributed by atoms with Gasteiger partial charge in [0.2, 0.25) is 0 Å². The Kier molecular flexibility index (Phi) is 26.0. The zero-order chi connectivity index (χ0) is 27.4. The quantitative estimate of drug-likeness (QED) is 0.0848. The van der Waals surface area contributed by atoms with Gasteiger partial charge >= 0.3 is 0 Å². The molecule has 1 atom stereocenters. The summed E-state index contributed by atoms with van der Waals surface area (Å²) in [6.45, 7) is 9.45. The first-order valence-corrected chi connectivity index (χ1v) is 18.0. The van der Waals surface area contributed by atoms with E-state index in [1.54, 1.807) is 0 Å². The van der Waals surface area contributed by atoms with Crippen molar-refractivity contribution in [2.45, 2.75) is 207 Å². The first-order chi connectivity index (χ1) is 18.8. The van der Waals surface area contributed by atoms with Crippen molar-refractivity contribution in [1.29, 1.82) is 0 Å². The van der Waals surface area contributed by atoms with Crippen LogP contribution < -0.4 is 0 Å². The smallest absolute Gasteiger partial charge is 0.101 e. The molecule has 0 saturated heterocycles. The molecule has 38 heavy (non-hydrogen) atoms. The number of hydrogen-bond donors (Lipinski definition) is 0. The van der Waals surface area contributed by atoms with Gasteiger partial charge in [-0.15, -0.1) is 0 Å². The van der Waals surface area contributed by atoms with Gasteiger partial charge in [-0.2, -0.15) is 0 Å². The van der Waals surface area contributed by atoms with Gasteiger partial charge in [0.25, 0.3) is 0 Å². The zero-order valence-corrected chi connectivity index (χ0v) is 26.8. The highest BCUT2D eigenvalue weighted by Crippen LogP contribution is 2.23. The highest BCUT2D eigenvalue weighted by molar-refractivity contribution is 4.96. The molecule has 1 heterocycles. The van der Waals surface area contributed by atoms with Crippen LogP contribution in [-0.4, -0.2) is 29.1 Å². The molecule has 1 rings (SSSR count). The van der Waals surface area contributed by atoms with E-state index in [1.165, 1.54) is 193 Å². The van der Waals surface area contributed by atoms with E-state index in [0.29, 0.717) is 6.17 Å². The summed E-state index contributed by atoms with van der Waals surface area (Å²) >= 11 is 0. The van der Waals surface area contributed by atoms with Gasteiger partial charge < -0.3 is 9.80 Å². The first-order valence-electron chi connectivity index (χ1n) is 18.0. The molecule has 0 spiro atoms. The van der Waals surface area contributed by atoms with Gasteiger partial charge in [-0.3, -0.25) is 0 Å². The van der Waals surface area contributed by atoms with Crippen molar-refractivity contribution in [3.05, 3.63) is 12.4 Å². The molecule has 2 nitrogen and oxygen atoms in total. The average Bonchev–Trinajstić information content (AvgIpc) is 3.31. The van der Waals surface area contributed by atoms with Gasteiger partial charge in [-0.05, 0) is 25.7 Å². The second-order valence-corrected chi connectivity index (χ2v) is 12.5. The fraction of sp³-hybridized carbons (Fsp3) is 0.944. The monoisotopic (exact) mass is 533 g/mol. The highest BCUT2D eigenvalue weighted by Gasteiger charge is 2.24. The van der Waals surface area contributed by atoms with E-state index >= 15 is 0 Å². The standard InChI is InChI=1S/C36H72N2/c1-4-7-10-12-14-16-18-19-20-21-22-24-26-28-30-33-38-35-34-37(32-9-6-3)36(38)31-29-27-25-23-17-15-13-11-8-5-2/h34-36H,4-33H2,1-3H3. The van der Waals surface area contributed by atoms with E-state index in [1.807, 2.05) is 0 Å². The van der Waals surface area contributed by atoms with Crippen molar-refractivity contribution in [3.8, 4) is 0 Å². The van der Waals surface area contributed by atoms with Crippen LogP contribution >= 0.6 is 0 Å². The van der Waals surface area contributed by atoms with Crippen LogP contribution in [0.2, 0.25) is 0 Å². The second-order valence-electron chi connectivity index (χ2n) is 12.5. The van der Waals surface area contributed by atoms with E-state index in [-0.39, 0.29) is 0 Å². The molecule has 226 valence electrons. The van der Waals surface area contributed by atoms with Crippen LogP contribution in [0.15, 0.2) is 12.4 Å². The molecule has 0 aromatic rings. The van der Waals surface area contributed by atoms with Crippen molar-refractivity contribution >= 4 is 0 Å². The van der Waals surface area contributed by atoms with Gasteiger partial charge in [0.1, 0.15) is 6.17 Å². The first kappa shape index (κ1) is 35.4. The van der Waals surface area contributed by atoms with E-state index in [0.717, 1.165) is 0 Å². The topological polar surface area (TPSA) is 6.48 Å². The molecule has 1 aliphatic heterocycles. The lowest BCUT2D eigenvalue weighted by atomic mass is 10.0. The van der Waals surface area contributed by atoms with Gasteiger partial charge in [0, 0.05) is 25.5 Å². The van der Waals surface area contributed by atoms with E-state index < -0.39 is 0 Å². The van der Waals surface area contributed by atoms with Gasteiger partial charge in [0.05, 0.1) is 0 Å². The predicted octanol–water partition coefficient (Wildman–Crippen LogP) is 12.4. The normalized spacial score (nSPS) is 15.3. The number of nitrogens with zero attached hydrogens (tertiary/aromatic N) is 2. The second kappa shape index (κ2) is 27.9. The van der Waals surface area contributed by atoms with Gasteiger partial charge in [-0.1, -0.05) is 175 Å². The zero-order valence-electron chi connectivity index (χ0n) is 26.8. The lowest BCUT2D eigenvalue weighted by Gasteiger charge is -2.33. The highest BCUT2D eigenvalue weighted by atomic mass is 15.4. The molecular formula is C36H72N2. The fourth-order valence-electron chi connectivity index (χ4n) is 6.16. The molecule has 1 unspecified atom stereocenters. The van der Waals surface area contributed by atoms with E-state index in [4.69, 9.17) is 0 Å². The molecule has 2 heteroatoms. The molecule has 0 aromatic heterocycles. The molecule has 0 N–H and O–H groups in total. The Balaban J connectivity index is 2.04. The van der Waals surface area contributed by atoms with E-state index in [9.17, 15) is 0 Å². The Morgan fingerprint density at radius 1 is 0.342 bits per heavy atom. The Labute approximate surface area is 241 Å². The van der Waals surface area contributed by atoms with Gasteiger partial charge in [-0.25, -0.2) is 0 Å². The maximum absolute atomic E-state index is 2.69. The minimum absolute atomic E-state index is 0.641. The van der Waals surface area contributed by atoms with Crippen molar-refractivity contribution in [2.24, 2.45) is 0 Å². The summed E-state index contributed by atoms with van der Waals surface area (Å²) in [4.78, 5) is 5.34.